The largest absolute Gasteiger partial charge is 0.460 e. The normalized spacial score (nSPS) is 15.9. The lowest BCUT2D eigenvalue weighted by Crippen LogP contribution is -2.63. The first-order valence-electron chi connectivity index (χ1n) is 8.01. The van der Waals surface area contributed by atoms with E-state index in [1.54, 1.807) is 0 Å². The Morgan fingerprint density at radius 1 is 0.828 bits per heavy atom. The van der Waals surface area contributed by atoms with Crippen LogP contribution < -0.4 is 0 Å². The van der Waals surface area contributed by atoms with E-state index in [1.165, 1.54) is 34.6 Å². The molecule has 0 saturated heterocycles. The fourth-order valence-electron chi connectivity index (χ4n) is 2.14. The molecular weight excluding hydrogens is 467 g/mol. The SMILES string of the molecule is CCC(=O)CS(OS(=O)(=O)C(F)(F)C(F)(F)C(F)(F)C(F)(F)F)(C(C)C)C(C)C. The zero-order valence-corrected chi connectivity index (χ0v) is 17.6. The molecule has 0 bridgehead atoms. The standard InChI is InChI=1S/C14H21F9O4S2/c1-6-10(24)7-28(8(2)3,9(4)5)27-29(25,26)14(22,23)12(17,18)11(15,16)13(19,20)21/h8-9H,6-7H2,1-5H3. The molecule has 0 amide bonds. The average molecular weight is 488 g/mol. The minimum Gasteiger partial charge on any atom is -0.299 e. The maximum atomic E-state index is 14.0. The summed E-state index contributed by atoms with van der Waals surface area (Å²) in [5, 5.41) is -9.00. The summed E-state index contributed by atoms with van der Waals surface area (Å²) in [6.07, 6.45) is -7.38. The van der Waals surface area contributed by atoms with Crippen LogP contribution in [-0.2, 0) is 18.5 Å². The molecular formula is C14H21F9O4S2. The summed E-state index contributed by atoms with van der Waals surface area (Å²) in [6.45, 7) is 6.19. The van der Waals surface area contributed by atoms with Crippen molar-refractivity contribution in [1.82, 2.24) is 0 Å². The van der Waals surface area contributed by atoms with E-state index >= 15 is 0 Å². The molecule has 0 spiro atoms. The lowest BCUT2D eigenvalue weighted by molar-refractivity contribution is -0.382. The van der Waals surface area contributed by atoms with Gasteiger partial charge in [-0.25, -0.2) is 3.63 Å². The highest BCUT2D eigenvalue weighted by atomic mass is 32.3. The molecule has 0 aliphatic rings. The van der Waals surface area contributed by atoms with Gasteiger partial charge in [-0.3, -0.25) is 4.79 Å². The van der Waals surface area contributed by atoms with Crippen LogP contribution in [-0.4, -0.2) is 53.7 Å². The molecule has 15 heteroatoms. The van der Waals surface area contributed by atoms with E-state index < -0.39 is 65.7 Å². The zero-order valence-electron chi connectivity index (χ0n) is 15.9. The molecule has 0 aromatic carbocycles. The van der Waals surface area contributed by atoms with Crippen molar-refractivity contribution in [3.8, 4) is 0 Å². The van der Waals surface area contributed by atoms with Gasteiger partial charge in [-0.2, -0.15) is 47.9 Å². The predicted octanol–water partition coefficient (Wildman–Crippen LogP) is 5.27. The maximum Gasteiger partial charge on any atom is 0.460 e. The number of carbonyl (C=O) groups is 1. The summed E-state index contributed by atoms with van der Waals surface area (Å²) in [4.78, 5) is 11.8. The summed E-state index contributed by atoms with van der Waals surface area (Å²) in [5.74, 6) is -16.3. The van der Waals surface area contributed by atoms with E-state index in [4.69, 9.17) is 0 Å². The van der Waals surface area contributed by atoms with E-state index in [-0.39, 0.29) is 6.42 Å². The lowest BCUT2D eigenvalue weighted by atomic mass is 10.1. The quantitative estimate of drug-likeness (QED) is 0.393. The lowest BCUT2D eigenvalue weighted by Gasteiger charge is -2.46. The van der Waals surface area contributed by atoms with Crippen molar-refractivity contribution >= 4 is 26.2 Å². The van der Waals surface area contributed by atoms with Crippen molar-refractivity contribution in [2.75, 3.05) is 5.75 Å². The first-order chi connectivity index (χ1) is 12.5. The van der Waals surface area contributed by atoms with Crippen molar-refractivity contribution in [1.29, 1.82) is 0 Å². The van der Waals surface area contributed by atoms with Crippen LogP contribution in [0.3, 0.4) is 0 Å². The average Bonchev–Trinajstić information content (AvgIpc) is 2.51. The molecule has 0 fully saturated rings. The van der Waals surface area contributed by atoms with Gasteiger partial charge in [-0.05, 0) is 0 Å². The van der Waals surface area contributed by atoms with Gasteiger partial charge in [0.25, 0.3) is 0 Å². The molecule has 0 unspecified atom stereocenters. The molecule has 0 aromatic heterocycles. The zero-order chi connectivity index (χ0) is 23.9. The maximum absolute atomic E-state index is 14.0. The molecule has 0 aliphatic heterocycles. The third-order valence-electron chi connectivity index (χ3n) is 4.02. The van der Waals surface area contributed by atoms with E-state index in [0.29, 0.717) is 0 Å². The second-order valence-corrected chi connectivity index (χ2v) is 12.3. The Bertz CT molecular complexity index is 692. The first kappa shape index (κ1) is 28.3. The van der Waals surface area contributed by atoms with Gasteiger partial charge in [0.15, 0.2) is 0 Å². The number of alkyl halides is 9. The van der Waals surface area contributed by atoms with Gasteiger partial charge in [-0.1, -0.05) is 34.6 Å². The van der Waals surface area contributed by atoms with Crippen LogP contribution in [0.5, 0.6) is 0 Å². The van der Waals surface area contributed by atoms with E-state index in [1.807, 2.05) is 0 Å². The van der Waals surface area contributed by atoms with Gasteiger partial charge in [0, 0.05) is 16.9 Å². The molecule has 0 saturated carbocycles. The Balaban J connectivity index is 6.54. The van der Waals surface area contributed by atoms with Crippen molar-refractivity contribution in [3.05, 3.63) is 0 Å². The number of carbonyl (C=O) groups excluding carboxylic acids is 1. The van der Waals surface area contributed by atoms with E-state index in [9.17, 15) is 52.7 Å². The number of ketones is 1. The minimum absolute atomic E-state index is 0.212. The first-order valence-corrected chi connectivity index (χ1v) is 11.3. The number of hydrogen-bond acceptors (Lipinski definition) is 4. The summed E-state index contributed by atoms with van der Waals surface area (Å²) in [7, 11) is -10.5. The smallest absolute Gasteiger partial charge is 0.299 e. The Morgan fingerprint density at radius 3 is 1.48 bits per heavy atom. The highest BCUT2D eigenvalue weighted by Gasteiger charge is 2.86. The Hall–Kier alpha value is -0.700. The molecule has 29 heavy (non-hydrogen) atoms. The molecule has 0 rings (SSSR count). The fourth-order valence-corrected chi connectivity index (χ4v) is 8.17. The summed E-state index contributed by atoms with van der Waals surface area (Å²) >= 11 is 0. The van der Waals surface area contributed by atoms with Crippen LogP contribution in [0.15, 0.2) is 0 Å². The van der Waals surface area contributed by atoms with Gasteiger partial charge in [-0.15, -0.1) is 10.3 Å². The molecule has 0 N–H and O–H groups in total. The summed E-state index contributed by atoms with van der Waals surface area (Å²) in [6, 6.07) is 0. The number of halogens is 9. The van der Waals surface area contributed by atoms with E-state index in [2.05, 4.69) is 3.63 Å². The van der Waals surface area contributed by atoms with Gasteiger partial charge in [0.2, 0.25) is 0 Å². The molecule has 0 radical (unpaired) electrons. The number of Topliss-reactive ketones (excluding diaryl/α,β-unsaturated/α-hetero) is 1. The van der Waals surface area contributed by atoms with Crippen LogP contribution in [0.1, 0.15) is 41.0 Å². The number of rotatable bonds is 10. The molecule has 0 aromatic rings. The van der Waals surface area contributed by atoms with Crippen LogP contribution in [0.4, 0.5) is 39.5 Å². The molecule has 0 atom stereocenters. The van der Waals surface area contributed by atoms with Crippen molar-refractivity contribution in [2.24, 2.45) is 0 Å². The van der Waals surface area contributed by atoms with Gasteiger partial charge in [0.1, 0.15) is 5.78 Å². The molecule has 4 nitrogen and oxygen atoms in total. The van der Waals surface area contributed by atoms with Gasteiger partial charge in [0.05, 0.1) is 5.75 Å². The summed E-state index contributed by atoms with van der Waals surface area (Å²) < 4.78 is 146. The molecule has 0 aliphatic carbocycles. The molecule has 176 valence electrons. The number of hydrogen-bond donors (Lipinski definition) is 0. The van der Waals surface area contributed by atoms with Crippen LogP contribution in [0.25, 0.3) is 0 Å². The highest BCUT2D eigenvalue weighted by Crippen LogP contribution is 2.62. The second-order valence-electron chi connectivity index (χ2n) is 6.60. The molecule has 0 heterocycles. The summed E-state index contributed by atoms with van der Waals surface area (Å²) in [5.41, 5.74) is 0. The Labute approximate surface area is 163 Å². The third-order valence-corrected chi connectivity index (χ3v) is 10.6. The second kappa shape index (κ2) is 8.44. The highest BCUT2D eigenvalue weighted by molar-refractivity contribution is 8.34. The minimum atomic E-state index is -7.38. The van der Waals surface area contributed by atoms with Gasteiger partial charge >= 0.3 is 33.4 Å². The van der Waals surface area contributed by atoms with Crippen molar-refractivity contribution < 1.29 is 56.4 Å². The van der Waals surface area contributed by atoms with Gasteiger partial charge < -0.3 is 0 Å². The van der Waals surface area contributed by atoms with Crippen LogP contribution in [0.2, 0.25) is 0 Å². The topological polar surface area (TPSA) is 60.4 Å². The Kier molecular flexibility index (Phi) is 8.24. The van der Waals surface area contributed by atoms with E-state index in [0.717, 1.165) is 0 Å². The predicted molar refractivity (Wildman–Crippen MR) is 88.9 cm³/mol. The Morgan fingerprint density at radius 2 is 1.21 bits per heavy atom. The third kappa shape index (κ3) is 4.81. The fraction of sp³-hybridized carbons (Fsp3) is 0.929. The van der Waals surface area contributed by atoms with Crippen LogP contribution in [0, 0.1) is 0 Å². The van der Waals surface area contributed by atoms with Crippen molar-refractivity contribution in [3.63, 3.8) is 0 Å². The van der Waals surface area contributed by atoms with Crippen molar-refractivity contribution in [2.45, 2.75) is 74.8 Å². The monoisotopic (exact) mass is 488 g/mol. The van der Waals surface area contributed by atoms with Crippen LogP contribution >= 0.6 is 10.3 Å².